The Hall–Kier alpha value is -1.63. The molecule has 3 aliphatic rings. The van der Waals surface area contributed by atoms with Gasteiger partial charge in [-0.15, -0.1) is 10.2 Å². The summed E-state index contributed by atoms with van der Waals surface area (Å²) in [6, 6.07) is 10.1. The number of likely N-dealkylation sites (N-methyl/N-ethyl adjacent to an activating group) is 1. The number of piperidine rings is 1. The van der Waals surface area contributed by atoms with Crippen LogP contribution in [0.5, 0.6) is 0 Å². The molecule has 0 aliphatic carbocycles. The molecule has 3 heterocycles. The minimum absolute atomic E-state index is 0.543. The largest absolute Gasteiger partial charge is 0.385 e. The second-order valence-corrected chi connectivity index (χ2v) is 8.91. The Morgan fingerprint density at radius 3 is 2.46 bits per heavy atom. The van der Waals surface area contributed by atoms with Gasteiger partial charge in [0.2, 0.25) is 0 Å². The van der Waals surface area contributed by atoms with Crippen LogP contribution in [-0.4, -0.2) is 77.7 Å². The highest BCUT2D eigenvalue weighted by molar-refractivity contribution is 6.30. The Labute approximate surface area is 173 Å². The molecule has 0 aromatic heterocycles. The second kappa shape index (κ2) is 8.39. The number of nitrogens with two attached hydrogens (primary N) is 1. The van der Waals surface area contributed by atoms with E-state index < -0.39 is 0 Å². The van der Waals surface area contributed by atoms with E-state index in [1.165, 1.54) is 18.4 Å². The van der Waals surface area contributed by atoms with E-state index in [1.54, 1.807) is 0 Å². The van der Waals surface area contributed by atoms with Crippen molar-refractivity contribution in [2.45, 2.75) is 50.7 Å². The number of rotatable bonds is 3. The van der Waals surface area contributed by atoms with Crippen LogP contribution in [0.15, 0.2) is 34.5 Å². The van der Waals surface area contributed by atoms with Crippen LogP contribution in [0.1, 0.15) is 31.7 Å². The molecule has 0 amide bonds. The van der Waals surface area contributed by atoms with Crippen LogP contribution in [0, 0.1) is 0 Å². The van der Waals surface area contributed by atoms with Gasteiger partial charge in [0.15, 0.2) is 0 Å². The van der Waals surface area contributed by atoms with Gasteiger partial charge in [-0.1, -0.05) is 23.7 Å². The van der Waals surface area contributed by atoms with Gasteiger partial charge >= 0.3 is 0 Å². The summed E-state index contributed by atoms with van der Waals surface area (Å²) in [7, 11) is 2.25. The summed E-state index contributed by atoms with van der Waals surface area (Å²) in [6.45, 7) is 6.67. The van der Waals surface area contributed by atoms with Crippen LogP contribution < -0.4 is 5.73 Å². The number of halogens is 1. The van der Waals surface area contributed by atoms with Crippen LogP contribution in [0.2, 0.25) is 5.02 Å². The molecule has 0 bridgehead atoms. The average Bonchev–Trinajstić information content (AvgIpc) is 3.13. The van der Waals surface area contributed by atoms with E-state index in [0.717, 1.165) is 43.5 Å². The van der Waals surface area contributed by atoms with Crippen molar-refractivity contribution in [1.82, 2.24) is 14.7 Å². The molecule has 2 N–H and O–H groups in total. The third-order valence-corrected chi connectivity index (χ3v) is 6.76. The molecule has 2 atom stereocenters. The first kappa shape index (κ1) is 19.7. The van der Waals surface area contributed by atoms with Gasteiger partial charge in [-0.25, -0.2) is 0 Å². The summed E-state index contributed by atoms with van der Waals surface area (Å²) in [4.78, 5) is 7.64. The van der Waals surface area contributed by atoms with E-state index in [9.17, 15) is 0 Å². The highest BCUT2D eigenvalue weighted by atomic mass is 35.5. The molecule has 6 nitrogen and oxygen atoms in total. The summed E-state index contributed by atoms with van der Waals surface area (Å²) in [5.74, 6) is 1.67. The third-order valence-electron chi connectivity index (χ3n) is 6.51. The van der Waals surface area contributed by atoms with Crippen LogP contribution in [-0.2, 0) is 6.42 Å². The molecule has 28 heavy (non-hydrogen) atoms. The average molecular weight is 403 g/mol. The first-order valence-electron chi connectivity index (χ1n) is 10.3. The van der Waals surface area contributed by atoms with Gasteiger partial charge in [-0.05, 0) is 50.9 Å². The minimum atomic E-state index is 0.543. The Kier molecular flexibility index (Phi) is 5.90. The van der Waals surface area contributed by atoms with Gasteiger partial charge in [0.25, 0.3) is 0 Å². The topological polar surface area (TPSA) is 60.5 Å². The number of hydrogen-bond acceptors (Lipinski definition) is 6. The predicted octanol–water partition coefficient (Wildman–Crippen LogP) is 2.43. The first-order valence-corrected chi connectivity index (χ1v) is 10.7. The van der Waals surface area contributed by atoms with E-state index in [0.29, 0.717) is 30.4 Å². The molecule has 0 radical (unpaired) electrons. The summed E-state index contributed by atoms with van der Waals surface area (Å²) < 4.78 is 0. The van der Waals surface area contributed by atoms with Crippen molar-refractivity contribution in [3.05, 3.63) is 34.9 Å². The van der Waals surface area contributed by atoms with E-state index in [-0.39, 0.29) is 0 Å². The van der Waals surface area contributed by atoms with Crippen molar-refractivity contribution in [2.75, 3.05) is 33.2 Å². The van der Waals surface area contributed by atoms with Gasteiger partial charge < -0.3 is 15.5 Å². The van der Waals surface area contributed by atoms with Crippen LogP contribution in [0.3, 0.4) is 0 Å². The third kappa shape index (κ3) is 4.34. The SMILES string of the molecule is C[C@H]1CN(C2CCN(C3=NN=C(N)C3)CC2)[C@@H](Cc2ccc(Cl)cc2)CN1C. The molecule has 0 unspecified atom stereocenters. The Morgan fingerprint density at radius 1 is 1.11 bits per heavy atom. The molecule has 2 fully saturated rings. The van der Waals surface area contributed by atoms with Crippen molar-refractivity contribution >= 4 is 23.3 Å². The molecule has 0 saturated carbocycles. The monoisotopic (exact) mass is 402 g/mol. The number of amidine groups is 2. The smallest absolute Gasteiger partial charge is 0.135 e. The zero-order chi connectivity index (χ0) is 19.7. The Bertz CT molecular complexity index is 738. The Morgan fingerprint density at radius 2 is 1.82 bits per heavy atom. The summed E-state index contributed by atoms with van der Waals surface area (Å²) in [5.41, 5.74) is 7.16. The minimum Gasteiger partial charge on any atom is -0.385 e. The summed E-state index contributed by atoms with van der Waals surface area (Å²) >= 11 is 6.07. The van der Waals surface area contributed by atoms with E-state index >= 15 is 0 Å². The van der Waals surface area contributed by atoms with Crippen molar-refractivity contribution in [2.24, 2.45) is 15.9 Å². The van der Waals surface area contributed by atoms with Crippen LogP contribution >= 0.6 is 11.6 Å². The molecule has 2 saturated heterocycles. The number of benzene rings is 1. The molecule has 7 heteroatoms. The molecular formula is C21H31ClN6. The van der Waals surface area contributed by atoms with Gasteiger partial charge in [0.05, 0.1) is 6.42 Å². The zero-order valence-corrected chi connectivity index (χ0v) is 17.6. The normalized spacial score (nSPS) is 27.8. The molecule has 1 aromatic rings. The van der Waals surface area contributed by atoms with Gasteiger partial charge in [0.1, 0.15) is 11.7 Å². The van der Waals surface area contributed by atoms with E-state index in [4.69, 9.17) is 17.3 Å². The fourth-order valence-corrected chi connectivity index (χ4v) is 4.84. The van der Waals surface area contributed by atoms with Crippen molar-refractivity contribution in [1.29, 1.82) is 0 Å². The van der Waals surface area contributed by atoms with Crippen molar-refractivity contribution in [3.63, 3.8) is 0 Å². The fraction of sp³-hybridized carbons (Fsp3) is 0.619. The van der Waals surface area contributed by atoms with Crippen LogP contribution in [0.4, 0.5) is 0 Å². The zero-order valence-electron chi connectivity index (χ0n) is 16.9. The fourth-order valence-electron chi connectivity index (χ4n) is 4.72. The quantitative estimate of drug-likeness (QED) is 0.843. The summed E-state index contributed by atoms with van der Waals surface area (Å²) in [5, 5.41) is 9.06. The lowest BCUT2D eigenvalue weighted by atomic mass is 9.94. The molecule has 3 aliphatic heterocycles. The van der Waals surface area contributed by atoms with E-state index in [1.807, 2.05) is 12.1 Å². The maximum atomic E-state index is 6.07. The number of likely N-dealkylation sites (tertiary alicyclic amines) is 1. The van der Waals surface area contributed by atoms with Gasteiger partial charge in [-0.3, -0.25) is 4.90 Å². The highest BCUT2D eigenvalue weighted by Crippen LogP contribution is 2.26. The van der Waals surface area contributed by atoms with Gasteiger partial charge in [0, 0.05) is 49.3 Å². The molecule has 4 rings (SSSR count). The molecule has 1 aromatic carbocycles. The van der Waals surface area contributed by atoms with Crippen LogP contribution in [0.25, 0.3) is 0 Å². The lowest BCUT2D eigenvalue weighted by molar-refractivity contribution is 0.00475. The number of hydrogen-bond donors (Lipinski definition) is 1. The standard InChI is InChI=1S/C21H31ClN6/c1-15-13-28(18-7-9-27(10-8-18)21-12-20(23)24-25-21)19(14-26(15)2)11-16-3-5-17(22)6-4-16/h3-6,15,18-19H,7-14H2,1-2H3,(H2,23,24)/t15-,19-/m0/s1. The summed E-state index contributed by atoms with van der Waals surface area (Å²) in [6.07, 6.45) is 4.12. The lowest BCUT2D eigenvalue weighted by Crippen LogP contribution is -2.61. The van der Waals surface area contributed by atoms with Crippen molar-refractivity contribution in [3.8, 4) is 0 Å². The van der Waals surface area contributed by atoms with E-state index in [2.05, 4.69) is 51.0 Å². The maximum Gasteiger partial charge on any atom is 0.135 e. The molecular weight excluding hydrogens is 372 g/mol. The van der Waals surface area contributed by atoms with Crippen molar-refractivity contribution < 1.29 is 0 Å². The molecule has 152 valence electrons. The Balaban J connectivity index is 1.41. The second-order valence-electron chi connectivity index (χ2n) is 8.47. The first-order chi connectivity index (χ1) is 13.5. The number of piperazine rings is 1. The lowest BCUT2D eigenvalue weighted by Gasteiger charge is -2.49. The van der Waals surface area contributed by atoms with Gasteiger partial charge in [-0.2, -0.15) is 0 Å². The number of nitrogens with zero attached hydrogens (tertiary/aromatic N) is 5. The predicted molar refractivity (Wildman–Crippen MR) is 116 cm³/mol. The molecule has 0 spiro atoms. The maximum absolute atomic E-state index is 6.07. The highest BCUT2D eigenvalue weighted by Gasteiger charge is 2.36.